The van der Waals surface area contributed by atoms with Crippen LogP contribution in [0, 0.1) is 0 Å². The first kappa shape index (κ1) is 11.1. The van der Waals surface area contributed by atoms with Gasteiger partial charge in [0.25, 0.3) is 6.43 Å². The van der Waals surface area contributed by atoms with Gasteiger partial charge in [0.2, 0.25) is 0 Å². The third-order valence-corrected chi connectivity index (χ3v) is 2.53. The number of alkyl halides is 2. The fourth-order valence-corrected chi connectivity index (χ4v) is 1.50. The van der Waals surface area contributed by atoms with E-state index in [-0.39, 0.29) is 5.69 Å². The van der Waals surface area contributed by atoms with Crippen molar-refractivity contribution >= 4 is 15.9 Å². The van der Waals surface area contributed by atoms with Crippen LogP contribution in [0.4, 0.5) is 8.78 Å². The molecule has 1 aromatic carbocycles. The van der Waals surface area contributed by atoms with Gasteiger partial charge in [0.1, 0.15) is 5.69 Å². The van der Waals surface area contributed by atoms with Gasteiger partial charge in [-0.25, -0.2) is 18.7 Å². The number of nitrogens with zero attached hydrogens (tertiary/aromatic N) is 2. The summed E-state index contributed by atoms with van der Waals surface area (Å²) in [7, 11) is 0. The maximum atomic E-state index is 12.4. The van der Waals surface area contributed by atoms with Gasteiger partial charge in [-0.3, -0.25) is 0 Å². The third-order valence-electron chi connectivity index (χ3n) is 2.00. The van der Waals surface area contributed by atoms with Gasteiger partial charge in [-0.05, 0) is 18.2 Å². The molecule has 0 bridgehead atoms. The van der Waals surface area contributed by atoms with Crippen LogP contribution in [0.15, 0.2) is 41.0 Å². The Balaban J connectivity index is 2.40. The molecule has 0 radical (unpaired) electrons. The van der Waals surface area contributed by atoms with E-state index in [1.54, 1.807) is 12.1 Å². The number of hydrogen-bond acceptors (Lipinski definition) is 2. The lowest BCUT2D eigenvalue weighted by atomic mass is 10.2. The van der Waals surface area contributed by atoms with E-state index in [1.807, 2.05) is 12.1 Å². The second kappa shape index (κ2) is 4.65. The van der Waals surface area contributed by atoms with Crippen molar-refractivity contribution in [1.29, 1.82) is 0 Å². The number of halogens is 3. The molecule has 0 saturated heterocycles. The van der Waals surface area contributed by atoms with Crippen molar-refractivity contribution in [2.45, 2.75) is 6.43 Å². The molecule has 0 aliphatic rings. The average molecular weight is 285 g/mol. The van der Waals surface area contributed by atoms with Gasteiger partial charge in [-0.15, -0.1) is 0 Å². The zero-order valence-electron chi connectivity index (χ0n) is 8.07. The highest BCUT2D eigenvalue weighted by atomic mass is 79.9. The van der Waals surface area contributed by atoms with E-state index in [0.29, 0.717) is 11.4 Å². The molecule has 0 aliphatic heterocycles. The number of benzene rings is 1. The lowest BCUT2D eigenvalue weighted by Crippen LogP contribution is -1.94. The van der Waals surface area contributed by atoms with Gasteiger partial charge < -0.3 is 0 Å². The van der Waals surface area contributed by atoms with Crippen LogP contribution in [0.3, 0.4) is 0 Å². The minimum absolute atomic E-state index is 0.257. The molecular weight excluding hydrogens is 278 g/mol. The van der Waals surface area contributed by atoms with Crippen LogP contribution in [0.5, 0.6) is 0 Å². The van der Waals surface area contributed by atoms with E-state index < -0.39 is 6.43 Å². The Hall–Kier alpha value is -1.36. The summed E-state index contributed by atoms with van der Waals surface area (Å²) < 4.78 is 25.8. The zero-order chi connectivity index (χ0) is 11.5. The highest BCUT2D eigenvalue weighted by Gasteiger charge is 2.10. The van der Waals surface area contributed by atoms with E-state index in [2.05, 4.69) is 25.9 Å². The third kappa shape index (κ3) is 2.41. The van der Waals surface area contributed by atoms with Crippen molar-refractivity contribution in [2.75, 3.05) is 0 Å². The molecule has 82 valence electrons. The molecular formula is C11H7BrF2N2. The average Bonchev–Trinajstić information content (AvgIpc) is 2.30. The molecule has 16 heavy (non-hydrogen) atoms. The predicted octanol–water partition coefficient (Wildman–Crippen LogP) is 3.84. The normalized spacial score (nSPS) is 10.8. The van der Waals surface area contributed by atoms with Gasteiger partial charge in [0.05, 0.1) is 0 Å². The first-order valence-electron chi connectivity index (χ1n) is 4.54. The highest BCUT2D eigenvalue weighted by molar-refractivity contribution is 9.10. The van der Waals surface area contributed by atoms with Gasteiger partial charge >= 0.3 is 0 Å². The molecule has 0 amide bonds. The minimum atomic E-state index is -2.57. The Kier molecular flexibility index (Phi) is 3.24. The van der Waals surface area contributed by atoms with Crippen molar-refractivity contribution in [3.05, 3.63) is 46.7 Å². The summed E-state index contributed by atoms with van der Waals surface area (Å²) >= 11 is 3.29. The van der Waals surface area contributed by atoms with Gasteiger partial charge in [-0.2, -0.15) is 0 Å². The summed E-state index contributed by atoms with van der Waals surface area (Å²) in [5, 5.41) is 0. The smallest absolute Gasteiger partial charge is 0.237 e. The highest BCUT2D eigenvalue weighted by Crippen LogP contribution is 2.21. The number of hydrogen-bond donors (Lipinski definition) is 0. The van der Waals surface area contributed by atoms with E-state index >= 15 is 0 Å². The largest absolute Gasteiger partial charge is 0.280 e. The Morgan fingerprint density at radius 3 is 2.38 bits per heavy atom. The number of rotatable bonds is 2. The van der Waals surface area contributed by atoms with Crippen LogP contribution in [-0.4, -0.2) is 9.97 Å². The maximum absolute atomic E-state index is 12.4. The fraction of sp³-hybridized carbons (Fsp3) is 0.0909. The van der Waals surface area contributed by atoms with Crippen molar-refractivity contribution < 1.29 is 8.78 Å². The molecule has 2 rings (SSSR count). The molecule has 1 heterocycles. The molecule has 0 N–H and O–H groups in total. The zero-order valence-corrected chi connectivity index (χ0v) is 9.66. The number of aromatic nitrogens is 2. The molecule has 0 atom stereocenters. The fourth-order valence-electron chi connectivity index (χ4n) is 1.23. The van der Waals surface area contributed by atoms with Crippen LogP contribution in [0.2, 0.25) is 0 Å². The Bertz CT molecular complexity index is 486. The molecule has 5 heteroatoms. The van der Waals surface area contributed by atoms with Crippen LogP contribution >= 0.6 is 15.9 Å². The van der Waals surface area contributed by atoms with E-state index in [9.17, 15) is 8.78 Å². The van der Waals surface area contributed by atoms with Gasteiger partial charge in [0, 0.05) is 16.2 Å². The van der Waals surface area contributed by atoms with E-state index in [4.69, 9.17) is 0 Å². The van der Waals surface area contributed by atoms with Crippen LogP contribution in [-0.2, 0) is 0 Å². The van der Waals surface area contributed by atoms with Crippen LogP contribution < -0.4 is 0 Å². The molecule has 0 aliphatic carbocycles. The monoisotopic (exact) mass is 284 g/mol. The Labute approximate surface area is 99.5 Å². The summed E-state index contributed by atoms with van der Waals surface area (Å²) in [4.78, 5) is 7.76. The SMILES string of the molecule is FC(F)c1ccnc(-c2ccc(Br)cc2)n1. The van der Waals surface area contributed by atoms with Crippen LogP contribution in [0.25, 0.3) is 11.4 Å². The summed E-state index contributed by atoms with van der Waals surface area (Å²) in [6, 6.07) is 8.39. The Morgan fingerprint density at radius 1 is 1.06 bits per heavy atom. The predicted molar refractivity (Wildman–Crippen MR) is 60.1 cm³/mol. The molecule has 2 nitrogen and oxygen atoms in total. The standard InChI is InChI=1S/C11H7BrF2N2/c12-8-3-1-7(2-4-8)11-15-6-5-9(16-11)10(13)14/h1-6,10H. The summed E-state index contributed by atoms with van der Waals surface area (Å²) in [5.74, 6) is 0.310. The first-order chi connectivity index (χ1) is 7.66. The topological polar surface area (TPSA) is 25.8 Å². The molecule has 2 aromatic rings. The van der Waals surface area contributed by atoms with Gasteiger partial charge in [0.15, 0.2) is 5.82 Å². The second-order valence-electron chi connectivity index (χ2n) is 3.11. The lowest BCUT2D eigenvalue weighted by molar-refractivity contribution is 0.146. The lowest BCUT2D eigenvalue weighted by Gasteiger charge is -2.02. The summed E-state index contributed by atoms with van der Waals surface area (Å²) in [6.07, 6.45) is -1.23. The van der Waals surface area contributed by atoms with Crippen molar-refractivity contribution in [3.8, 4) is 11.4 Å². The quantitative estimate of drug-likeness (QED) is 0.837. The van der Waals surface area contributed by atoms with E-state index in [1.165, 1.54) is 12.3 Å². The van der Waals surface area contributed by atoms with Crippen LogP contribution in [0.1, 0.15) is 12.1 Å². The van der Waals surface area contributed by atoms with E-state index in [0.717, 1.165) is 4.47 Å². The molecule has 0 fully saturated rings. The minimum Gasteiger partial charge on any atom is -0.237 e. The molecule has 0 spiro atoms. The maximum Gasteiger partial charge on any atom is 0.280 e. The molecule has 0 saturated carbocycles. The first-order valence-corrected chi connectivity index (χ1v) is 5.33. The summed E-state index contributed by atoms with van der Waals surface area (Å²) in [5.41, 5.74) is 0.457. The molecule has 0 unspecified atom stereocenters. The van der Waals surface area contributed by atoms with Crippen molar-refractivity contribution in [3.63, 3.8) is 0 Å². The van der Waals surface area contributed by atoms with Crippen molar-refractivity contribution in [1.82, 2.24) is 9.97 Å². The summed E-state index contributed by atoms with van der Waals surface area (Å²) in [6.45, 7) is 0. The van der Waals surface area contributed by atoms with Gasteiger partial charge in [-0.1, -0.05) is 28.1 Å². The molecule has 1 aromatic heterocycles. The Morgan fingerprint density at radius 2 is 1.75 bits per heavy atom. The second-order valence-corrected chi connectivity index (χ2v) is 4.03. The van der Waals surface area contributed by atoms with Crippen molar-refractivity contribution in [2.24, 2.45) is 0 Å².